The van der Waals surface area contributed by atoms with Gasteiger partial charge in [0.15, 0.2) is 0 Å². The monoisotopic (exact) mass is 304 g/mol. The molecule has 116 valence electrons. The van der Waals surface area contributed by atoms with Crippen molar-refractivity contribution in [1.82, 2.24) is 0 Å². The standard InChI is InChI=1S/C16H16O6/c1-4-20-15(18)12-7-10-5-6-11(21-14(17)9(2)3)8-13(10)22-16(12)19/h5-9H,4H2,1-3H3. The number of benzene rings is 1. The van der Waals surface area contributed by atoms with Crippen LogP contribution in [0.3, 0.4) is 0 Å². The molecule has 22 heavy (non-hydrogen) atoms. The van der Waals surface area contributed by atoms with E-state index in [1.54, 1.807) is 32.9 Å². The minimum atomic E-state index is -0.793. The first-order chi connectivity index (χ1) is 10.4. The quantitative estimate of drug-likeness (QED) is 0.490. The topological polar surface area (TPSA) is 82.8 Å². The maximum absolute atomic E-state index is 11.8. The summed E-state index contributed by atoms with van der Waals surface area (Å²) in [7, 11) is 0. The number of hydrogen-bond acceptors (Lipinski definition) is 6. The van der Waals surface area contributed by atoms with Crippen molar-refractivity contribution in [3.05, 3.63) is 40.2 Å². The molecule has 0 fully saturated rings. The Bertz CT molecular complexity index is 772. The van der Waals surface area contributed by atoms with Crippen molar-refractivity contribution in [3.63, 3.8) is 0 Å². The van der Waals surface area contributed by atoms with Crippen LogP contribution in [-0.4, -0.2) is 18.5 Å². The van der Waals surface area contributed by atoms with Gasteiger partial charge in [0.25, 0.3) is 0 Å². The molecule has 1 aromatic heterocycles. The van der Waals surface area contributed by atoms with Crippen LogP contribution in [0.5, 0.6) is 5.75 Å². The van der Waals surface area contributed by atoms with Crippen LogP contribution in [0.4, 0.5) is 0 Å². The van der Waals surface area contributed by atoms with E-state index in [1.807, 2.05) is 0 Å². The van der Waals surface area contributed by atoms with Gasteiger partial charge in [-0.15, -0.1) is 0 Å². The highest BCUT2D eigenvalue weighted by Gasteiger charge is 2.16. The van der Waals surface area contributed by atoms with Gasteiger partial charge in [-0.05, 0) is 25.1 Å². The van der Waals surface area contributed by atoms with Crippen LogP contribution < -0.4 is 10.4 Å². The van der Waals surface area contributed by atoms with Gasteiger partial charge in [0.2, 0.25) is 0 Å². The molecule has 0 spiro atoms. The van der Waals surface area contributed by atoms with Crippen molar-refractivity contribution in [3.8, 4) is 5.75 Å². The summed E-state index contributed by atoms with van der Waals surface area (Å²) >= 11 is 0. The molecule has 0 radical (unpaired) electrons. The molecule has 6 heteroatoms. The Balaban J connectivity index is 2.39. The predicted octanol–water partition coefficient (Wildman–Crippen LogP) is 2.53. The summed E-state index contributed by atoms with van der Waals surface area (Å²) in [5.74, 6) is -1.11. The van der Waals surface area contributed by atoms with Gasteiger partial charge in [-0.3, -0.25) is 4.79 Å². The molecule has 0 amide bonds. The van der Waals surface area contributed by atoms with Gasteiger partial charge in [-0.1, -0.05) is 13.8 Å². The van der Waals surface area contributed by atoms with Gasteiger partial charge in [0, 0.05) is 11.5 Å². The molecule has 1 heterocycles. The molecular formula is C16H16O6. The normalized spacial score (nSPS) is 10.7. The Labute approximate surface area is 126 Å². The molecule has 0 aliphatic heterocycles. The van der Waals surface area contributed by atoms with Gasteiger partial charge < -0.3 is 13.9 Å². The Morgan fingerprint density at radius 3 is 2.59 bits per heavy atom. The summed E-state index contributed by atoms with van der Waals surface area (Å²) in [6.45, 7) is 5.25. The smallest absolute Gasteiger partial charge is 0.351 e. The van der Waals surface area contributed by atoms with Crippen LogP contribution in [0.2, 0.25) is 0 Å². The molecule has 0 N–H and O–H groups in total. The molecule has 0 saturated heterocycles. The molecule has 0 bridgehead atoms. The van der Waals surface area contributed by atoms with E-state index in [0.717, 1.165) is 0 Å². The van der Waals surface area contributed by atoms with Crippen LogP contribution >= 0.6 is 0 Å². The van der Waals surface area contributed by atoms with Gasteiger partial charge in [-0.25, -0.2) is 9.59 Å². The minimum absolute atomic E-state index is 0.165. The molecule has 2 aromatic rings. The van der Waals surface area contributed by atoms with E-state index in [0.29, 0.717) is 5.39 Å². The SMILES string of the molecule is CCOC(=O)c1cc2ccc(OC(=O)C(C)C)cc2oc1=O. The molecule has 0 aliphatic carbocycles. The van der Waals surface area contributed by atoms with Crippen molar-refractivity contribution in [2.24, 2.45) is 5.92 Å². The summed E-state index contributed by atoms with van der Waals surface area (Å²) < 4.78 is 15.0. The molecule has 0 unspecified atom stereocenters. The molecule has 0 aliphatic rings. The third kappa shape index (κ3) is 3.33. The third-order valence-electron chi connectivity index (χ3n) is 2.89. The van der Waals surface area contributed by atoms with Crippen molar-refractivity contribution in [1.29, 1.82) is 0 Å². The largest absolute Gasteiger partial charge is 0.462 e. The van der Waals surface area contributed by atoms with Crippen molar-refractivity contribution < 1.29 is 23.5 Å². The van der Waals surface area contributed by atoms with E-state index < -0.39 is 11.6 Å². The maximum atomic E-state index is 11.8. The van der Waals surface area contributed by atoms with E-state index >= 15 is 0 Å². The Hall–Kier alpha value is -2.63. The van der Waals surface area contributed by atoms with E-state index in [4.69, 9.17) is 13.9 Å². The molecular weight excluding hydrogens is 288 g/mol. The fourth-order valence-electron chi connectivity index (χ4n) is 1.74. The number of esters is 2. The first-order valence-electron chi connectivity index (χ1n) is 6.89. The van der Waals surface area contributed by atoms with Gasteiger partial charge in [0.1, 0.15) is 16.9 Å². The Kier molecular flexibility index (Phi) is 4.60. The predicted molar refractivity (Wildman–Crippen MR) is 78.9 cm³/mol. The number of ether oxygens (including phenoxy) is 2. The highest BCUT2D eigenvalue weighted by molar-refractivity contribution is 5.93. The number of carbonyl (C=O) groups excluding carboxylic acids is 2. The summed E-state index contributed by atoms with van der Waals surface area (Å²) in [6, 6.07) is 6.00. The van der Waals surface area contributed by atoms with E-state index in [1.165, 1.54) is 12.1 Å². The number of rotatable bonds is 4. The maximum Gasteiger partial charge on any atom is 0.351 e. The number of hydrogen-bond donors (Lipinski definition) is 0. The van der Waals surface area contributed by atoms with Crippen LogP contribution in [0.25, 0.3) is 11.0 Å². The van der Waals surface area contributed by atoms with Crippen LogP contribution in [0.1, 0.15) is 31.1 Å². The van der Waals surface area contributed by atoms with E-state index in [-0.39, 0.29) is 35.4 Å². The highest BCUT2D eigenvalue weighted by Crippen LogP contribution is 2.21. The number of carbonyl (C=O) groups is 2. The Morgan fingerprint density at radius 2 is 1.95 bits per heavy atom. The summed E-state index contributed by atoms with van der Waals surface area (Å²) in [6.07, 6.45) is 0. The van der Waals surface area contributed by atoms with E-state index in [2.05, 4.69) is 0 Å². The van der Waals surface area contributed by atoms with Gasteiger partial charge >= 0.3 is 17.6 Å². The minimum Gasteiger partial charge on any atom is -0.462 e. The second-order valence-corrected chi connectivity index (χ2v) is 4.94. The molecule has 1 aromatic carbocycles. The average Bonchev–Trinajstić information content (AvgIpc) is 2.46. The van der Waals surface area contributed by atoms with Gasteiger partial charge in [-0.2, -0.15) is 0 Å². The molecule has 2 rings (SSSR count). The molecule has 0 saturated carbocycles. The van der Waals surface area contributed by atoms with Crippen LogP contribution in [-0.2, 0) is 9.53 Å². The molecule has 6 nitrogen and oxygen atoms in total. The summed E-state index contributed by atoms with van der Waals surface area (Å²) in [5, 5.41) is 0.534. The lowest BCUT2D eigenvalue weighted by molar-refractivity contribution is -0.137. The fourth-order valence-corrected chi connectivity index (χ4v) is 1.74. The summed E-state index contributed by atoms with van der Waals surface area (Å²) in [5.41, 5.74) is -0.730. The lowest BCUT2D eigenvalue weighted by Crippen LogP contribution is -2.16. The zero-order valence-corrected chi connectivity index (χ0v) is 12.5. The first kappa shape index (κ1) is 15.8. The Morgan fingerprint density at radius 1 is 1.23 bits per heavy atom. The summed E-state index contributed by atoms with van der Waals surface area (Å²) in [4.78, 5) is 35.0. The third-order valence-corrected chi connectivity index (χ3v) is 2.89. The lowest BCUT2D eigenvalue weighted by Gasteiger charge is -2.07. The van der Waals surface area contributed by atoms with Crippen LogP contribution in [0.15, 0.2) is 33.5 Å². The zero-order valence-electron chi connectivity index (χ0n) is 12.5. The second-order valence-electron chi connectivity index (χ2n) is 4.94. The van der Waals surface area contributed by atoms with E-state index in [9.17, 15) is 14.4 Å². The van der Waals surface area contributed by atoms with Crippen LogP contribution in [0, 0.1) is 5.92 Å². The number of fused-ring (bicyclic) bond motifs is 1. The van der Waals surface area contributed by atoms with Crippen molar-refractivity contribution in [2.45, 2.75) is 20.8 Å². The fraction of sp³-hybridized carbons (Fsp3) is 0.312. The van der Waals surface area contributed by atoms with Crippen molar-refractivity contribution in [2.75, 3.05) is 6.61 Å². The average molecular weight is 304 g/mol. The van der Waals surface area contributed by atoms with Crippen molar-refractivity contribution >= 4 is 22.9 Å². The second kappa shape index (κ2) is 6.43. The van der Waals surface area contributed by atoms with Gasteiger partial charge in [0.05, 0.1) is 12.5 Å². The molecule has 0 atom stereocenters. The zero-order chi connectivity index (χ0) is 16.3. The first-order valence-corrected chi connectivity index (χ1v) is 6.89. The lowest BCUT2D eigenvalue weighted by atomic mass is 10.2. The highest BCUT2D eigenvalue weighted by atomic mass is 16.5.